The average molecular weight is 475 g/mol. The first kappa shape index (κ1) is 22.3. The molecule has 1 aliphatic rings. The molecule has 4 rings (SSSR count). The largest absolute Gasteiger partial charge is 0.335 e. The van der Waals surface area contributed by atoms with Crippen LogP contribution in [0, 0.1) is 5.82 Å². The van der Waals surface area contributed by atoms with Crippen LogP contribution in [0.25, 0.3) is 16.6 Å². The number of carbonyl (C=O) groups is 2. The van der Waals surface area contributed by atoms with Crippen LogP contribution in [0.2, 0.25) is 5.02 Å². The lowest BCUT2D eigenvalue weighted by Gasteiger charge is -2.14. The van der Waals surface area contributed by atoms with Crippen LogP contribution in [-0.4, -0.2) is 33.3 Å². The number of urea groups is 1. The Morgan fingerprint density at radius 1 is 1.19 bits per heavy atom. The Hall–Kier alpha value is -2.91. The van der Waals surface area contributed by atoms with Gasteiger partial charge in [0.05, 0.1) is 27.4 Å². The van der Waals surface area contributed by atoms with E-state index in [0.29, 0.717) is 16.6 Å². The summed E-state index contributed by atoms with van der Waals surface area (Å²) in [5, 5.41) is 5.56. The number of imide groups is 1. The molecule has 0 bridgehead atoms. The second kappa shape index (κ2) is 9.70. The first-order valence-electron chi connectivity index (χ1n) is 10.1. The molecule has 1 heterocycles. The third-order valence-corrected chi connectivity index (χ3v) is 6.41. The normalized spacial score (nSPS) is 13.9. The molecule has 0 atom stereocenters. The van der Waals surface area contributed by atoms with E-state index in [1.54, 1.807) is 24.3 Å². The van der Waals surface area contributed by atoms with Crippen molar-refractivity contribution in [1.82, 2.24) is 20.2 Å². The molecular weight excluding hydrogens is 455 g/mol. The van der Waals surface area contributed by atoms with Crippen molar-refractivity contribution in [2.75, 3.05) is 5.75 Å². The predicted octanol–water partition coefficient (Wildman–Crippen LogP) is 4.04. The van der Waals surface area contributed by atoms with Crippen LogP contribution >= 0.6 is 23.4 Å². The van der Waals surface area contributed by atoms with Crippen molar-refractivity contribution in [1.29, 1.82) is 0 Å². The number of fused-ring (bicyclic) bond motifs is 1. The monoisotopic (exact) mass is 474 g/mol. The van der Waals surface area contributed by atoms with Gasteiger partial charge in [-0.05, 0) is 43.2 Å². The summed E-state index contributed by atoms with van der Waals surface area (Å²) < 4.78 is 14.9. The van der Waals surface area contributed by atoms with E-state index in [1.807, 2.05) is 0 Å². The van der Waals surface area contributed by atoms with Gasteiger partial charge in [0.15, 0.2) is 5.16 Å². The third-order valence-electron chi connectivity index (χ3n) is 5.18. The number of aromatic nitrogens is 2. The molecule has 1 aliphatic carbocycles. The molecule has 0 radical (unpaired) electrons. The molecule has 7 nitrogen and oxygen atoms in total. The molecule has 10 heteroatoms. The summed E-state index contributed by atoms with van der Waals surface area (Å²) in [5.74, 6) is -1.27. The Morgan fingerprint density at radius 2 is 1.94 bits per heavy atom. The Bertz CT molecular complexity index is 1240. The van der Waals surface area contributed by atoms with E-state index in [1.165, 1.54) is 16.7 Å². The Morgan fingerprint density at radius 3 is 2.69 bits per heavy atom. The van der Waals surface area contributed by atoms with Gasteiger partial charge in [0, 0.05) is 6.04 Å². The second-order valence-corrected chi connectivity index (χ2v) is 8.79. The molecule has 2 N–H and O–H groups in total. The number of amides is 3. The number of nitrogens with zero attached hydrogens (tertiary/aromatic N) is 2. The first-order chi connectivity index (χ1) is 15.4. The van der Waals surface area contributed by atoms with Gasteiger partial charge in [-0.2, -0.15) is 0 Å². The van der Waals surface area contributed by atoms with Crippen molar-refractivity contribution in [3.05, 3.63) is 63.7 Å². The highest BCUT2D eigenvalue weighted by atomic mass is 35.5. The van der Waals surface area contributed by atoms with E-state index in [0.717, 1.165) is 43.5 Å². The zero-order chi connectivity index (χ0) is 22.7. The second-order valence-electron chi connectivity index (χ2n) is 7.44. The number of carbonyl (C=O) groups excluding carboxylic acids is 2. The number of para-hydroxylation sites is 1. The van der Waals surface area contributed by atoms with Gasteiger partial charge >= 0.3 is 6.03 Å². The number of halogens is 2. The number of nitrogens with one attached hydrogen (secondary N) is 2. The molecule has 166 valence electrons. The number of benzene rings is 2. The summed E-state index contributed by atoms with van der Waals surface area (Å²) >= 11 is 6.91. The van der Waals surface area contributed by atoms with Gasteiger partial charge in [0.25, 0.3) is 5.56 Å². The highest BCUT2D eigenvalue weighted by Crippen LogP contribution is 2.24. The van der Waals surface area contributed by atoms with Crippen LogP contribution in [0.5, 0.6) is 0 Å². The molecule has 1 saturated carbocycles. The van der Waals surface area contributed by atoms with E-state index in [-0.39, 0.29) is 27.5 Å². The highest BCUT2D eigenvalue weighted by Gasteiger charge is 2.19. The smallest absolute Gasteiger partial charge is 0.321 e. The minimum atomic E-state index is -0.612. The molecule has 0 unspecified atom stereocenters. The maximum absolute atomic E-state index is 13.7. The fraction of sp³-hybridized carbons (Fsp3) is 0.273. The highest BCUT2D eigenvalue weighted by molar-refractivity contribution is 7.99. The van der Waals surface area contributed by atoms with Crippen LogP contribution in [-0.2, 0) is 4.79 Å². The van der Waals surface area contributed by atoms with Gasteiger partial charge in [-0.3, -0.25) is 19.5 Å². The Kier molecular flexibility index (Phi) is 6.76. The minimum Gasteiger partial charge on any atom is -0.335 e. The first-order valence-corrected chi connectivity index (χ1v) is 11.5. The van der Waals surface area contributed by atoms with Gasteiger partial charge in [-0.15, -0.1) is 0 Å². The van der Waals surface area contributed by atoms with Gasteiger partial charge in [0.2, 0.25) is 5.91 Å². The standard InChI is InChI=1S/C22H20ClFN4O3S/c23-16-11-14(9-10-17(16)24)28-20(30)15-7-3-4-8-18(15)26-22(28)32-12-19(29)27-21(31)25-13-5-1-2-6-13/h3-4,7-11,13H,1-2,5-6,12H2,(H2,25,27,29,31). The van der Waals surface area contributed by atoms with Crippen molar-refractivity contribution in [2.45, 2.75) is 36.9 Å². The van der Waals surface area contributed by atoms with Crippen molar-refractivity contribution >= 4 is 46.2 Å². The lowest BCUT2D eigenvalue weighted by atomic mass is 10.2. The van der Waals surface area contributed by atoms with Crippen molar-refractivity contribution in [3.8, 4) is 5.69 Å². The van der Waals surface area contributed by atoms with Gasteiger partial charge in [-0.25, -0.2) is 14.2 Å². The van der Waals surface area contributed by atoms with Gasteiger partial charge < -0.3 is 5.32 Å². The van der Waals surface area contributed by atoms with E-state index in [2.05, 4.69) is 15.6 Å². The average Bonchev–Trinajstić information content (AvgIpc) is 3.27. The SMILES string of the molecule is O=C(CSc1nc2ccccc2c(=O)n1-c1ccc(F)c(Cl)c1)NC(=O)NC1CCCC1. The van der Waals surface area contributed by atoms with Gasteiger partial charge in [0.1, 0.15) is 5.82 Å². The molecule has 2 aromatic carbocycles. The summed E-state index contributed by atoms with van der Waals surface area (Å²) in [7, 11) is 0. The molecule has 0 spiro atoms. The Balaban J connectivity index is 1.58. The molecule has 3 aromatic rings. The van der Waals surface area contributed by atoms with Crippen molar-refractivity contribution in [2.24, 2.45) is 0 Å². The van der Waals surface area contributed by atoms with E-state index >= 15 is 0 Å². The third kappa shape index (κ3) is 4.94. The van der Waals surface area contributed by atoms with Crippen LogP contribution < -0.4 is 16.2 Å². The lowest BCUT2D eigenvalue weighted by Crippen LogP contribution is -2.44. The molecule has 0 saturated heterocycles. The maximum Gasteiger partial charge on any atom is 0.321 e. The number of hydrogen-bond acceptors (Lipinski definition) is 5. The summed E-state index contributed by atoms with van der Waals surface area (Å²) in [4.78, 5) is 42.0. The van der Waals surface area contributed by atoms with E-state index in [9.17, 15) is 18.8 Å². The predicted molar refractivity (Wildman–Crippen MR) is 122 cm³/mol. The van der Waals surface area contributed by atoms with Crippen molar-refractivity contribution < 1.29 is 14.0 Å². The van der Waals surface area contributed by atoms with Crippen LogP contribution in [0.3, 0.4) is 0 Å². The quantitative estimate of drug-likeness (QED) is 0.430. The number of hydrogen-bond donors (Lipinski definition) is 2. The molecule has 0 aliphatic heterocycles. The maximum atomic E-state index is 13.7. The van der Waals surface area contributed by atoms with Crippen LogP contribution in [0.15, 0.2) is 52.4 Å². The van der Waals surface area contributed by atoms with E-state index in [4.69, 9.17) is 11.6 Å². The molecule has 1 fully saturated rings. The van der Waals surface area contributed by atoms with Crippen molar-refractivity contribution in [3.63, 3.8) is 0 Å². The lowest BCUT2D eigenvalue weighted by molar-refractivity contribution is -0.117. The Labute approximate surface area is 192 Å². The topological polar surface area (TPSA) is 93.1 Å². The number of rotatable bonds is 5. The van der Waals surface area contributed by atoms with Gasteiger partial charge in [-0.1, -0.05) is 48.3 Å². The zero-order valence-electron chi connectivity index (χ0n) is 16.9. The van der Waals surface area contributed by atoms with Crippen LogP contribution in [0.4, 0.5) is 9.18 Å². The molecule has 32 heavy (non-hydrogen) atoms. The summed E-state index contributed by atoms with van der Waals surface area (Å²) in [6, 6.07) is 10.3. The van der Waals surface area contributed by atoms with E-state index < -0.39 is 17.8 Å². The zero-order valence-corrected chi connectivity index (χ0v) is 18.5. The minimum absolute atomic E-state index is 0.0889. The summed E-state index contributed by atoms with van der Waals surface area (Å²) in [5.41, 5.74) is 0.408. The fourth-order valence-electron chi connectivity index (χ4n) is 3.65. The number of thioether (sulfide) groups is 1. The summed E-state index contributed by atoms with van der Waals surface area (Å²) in [6.45, 7) is 0. The molecule has 3 amide bonds. The summed E-state index contributed by atoms with van der Waals surface area (Å²) in [6.07, 6.45) is 3.94. The fourth-order valence-corrected chi connectivity index (χ4v) is 4.63. The molecule has 1 aromatic heterocycles. The molecular formula is C22H20ClFN4O3S. The van der Waals surface area contributed by atoms with Crippen LogP contribution in [0.1, 0.15) is 25.7 Å².